The van der Waals surface area contributed by atoms with Gasteiger partial charge in [0.05, 0.1) is 23.4 Å². The zero-order chi connectivity index (χ0) is 18.1. The zero-order valence-electron chi connectivity index (χ0n) is 13.4. The van der Waals surface area contributed by atoms with Crippen LogP contribution in [0.5, 0.6) is 0 Å². The molecule has 0 aliphatic carbocycles. The van der Waals surface area contributed by atoms with Gasteiger partial charge in [0.2, 0.25) is 0 Å². The largest absolute Gasteiger partial charge is 0.465 e. The average Bonchev–Trinajstić information content (AvgIpc) is 2.92. The molecule has 0 fully saturated rings. The van der Waals surface area contributed by atoms with Gasteiger partial charge in [0.1, 0.15) is 5.69 Å². The van der Waals surface area contributed by atoms with Crippen LogP contribution >= 0.6 is 23.2 Å². The van der Waals surface area contributed by atoms with E-state index in [4.69, 9.17) is 23.2 Å². The third-order valence-corrected chi connectivity index (χ3v) is 4.45. The van der Waals surface area contributed by atoms with Crippen LogP contribution in [0.3, 0.4) is 0 Å². The molecule has 3 aromatic rings. The molecule has 0 spiro atoms. The van der Waals surface area contributed by atoms with Gasteiger partial charge in [-0.2, -0.15) is 0 Å². The number of aromatic nitrogens is 1. The predicted octanol–water partition coefficient (Wildman–Crippen LogP) is 4.82. The van der Waals surface area contributed by atoms with Crippen LogP contribution in [0.15, 0.2) is 36.4 Å². The molecule has 7 heteroatoms. The summed E-state index contributed by atoms with van der Waals surface area (Å²) in [5, 5.41) is 4.50. The minimum absolute atomic E-state index is 0.294. The Labute approximate surface area is 153 Å². The van der Waals surface area contributed by atoms with Gasteiger partial charge in [0.15, 0.2) is 0 Å². The van der Waals surface area contributed by atoms with Gasteiger partial charge in [-0.1, -0.05) is 23.2 Å². The van der Waals surface area contributed by atoms with Crippen LogP contribution in [0.4, 0.5) is 5.69 Å². The number of amides is 1. The molecular formula is C18H14Cl2N2O3. The average molecular weight is 377 g/mol. The lowest BCUT2D eigenvalue weighted by Gasteiger charge is -2.09. The maximum atomic E-state index is 12.6. The molecule has 0 radical (unpaired) electrons. The van der Waals surface area contributed by atoms with Crippen LogP contribution in [0.2, 0.25) is 10.0 Å². The van der Waals surface area contributed by atoms with Crippen molar-refractivity contribution < 1.29 is 14.3 Å². The van der Waals surface area contributed by atoms with Crippen molar-refractivity contribution in [3.05, 3.63) is 63.3 Å². The van der Waals surface area contributed by atoms with Crippen molar-refractivity contribution in [2.45, 2.75) is 6.92 Å². The summed E-state index contributed by atoms with van der Waals surface area (Å²) in [6.45, 7) is 1.83. The van der Waals surface area contributed by atoms with E-state index in [-0.39, 0.29) is 5.91 Å². The Bertz CT molecular complexity index is 995. The SMILES string of the molecule is COC(=O)c1ccc(Cl)c(NC(=O)c2[nH]c3ccc(Cl)cc3c2C)c1. The van der Waals surface area contributed by atoms with Crippen LogP contribution in [-0.4, -0.2) is 24.0 Å². The highest BCUT2D eigenvalue weighted by Gasteiger charge is 2.17. The Morgan fingerprint density at radius 2 is 1.88 bits per heavy atom. The fraction of sp³-hybridized carbons (Fsp3) is 0.111. The van der Waals surface area contributed by atoms with E-state index in [1.807, 2.05) is 13.0 Å². The van der Waals surface area contributed by atoms with E-state index in [2.05, 4.69) is 15.0 Å². The van der Waals surface area contributed by atoms with Crippen LogP contribution in [-0.2, 0) is 4.74 Å². The summed E-state index contributed by atoms with van der Waals surface area (Å²) in [5.41, 5.74) is 2.60. The van der Waals surface area contributed by atoms with Crippen LogP contribution < -0.4 is 5.32 Å². The van der Waals surface area contributed by atoms with E-state index in [1.54, 1.807) is 12.1 Å². The van der Waals surface area contributed by atoms with Gasteiger partial charge in [-0.3, -0.25) is 4.79 Å². The molecule has 1 heterocycles. The topological polar surface area (TPSA) is 71.2 Å². The van der Waals surface area contributed by atoms with Gasteiger partial charge >= 0.3 is 5.97 Å². The molecule has 2 N–H and O–H groups in total. The number of nitrogens with one attached hydrogen (secondary N) is 2. The first-order chi connectivity index (χ1) is 11.9. The van der Waals surface area contributed by atoms with E-state index >= 15 is 0 Å². The minimum atomic E-state index is -0.511. The fourth-order valence-corrected chi connectivity index (χ4v) is 2.91. The number of hydrogen-bond donors (Lipinski definition) is 2. The number of carbonyl (C=O) groups is 2. The number of esters is 1. The van der Waals surface area contributed by atoms with Crippen LogP contribution in [0.25, 0.3) is 10.9 Å². The molecule has 0 saturated heterocycles. The number of methoxy groups -OCH3 is 1. The standard InChI is InChI=1S/C18H14Cl2N2O3/c1-9-12-8-11(19)4-6-14(12)21-16(9)17(23)22-15-7-10(18(24)25-2)3-5-13(15)20/h3-8,21H,1-2H3,(H,22,23). The van der Waals surface area contributed by atoms with Gasteiger partial charge in [-0.05, 0) is 48.9 Å². The van der Waals surface area contributed by atoms with Crippen molar-refractivity contribution in [2.24, 2.45) is 0 Å². The number of ether oxygens (including phenoxy) is 1. The quantitative estimate of drug-likeness (QED) is 0.643. The molecule has 5 nitrogen and oxygen atoms in total. The Kier molecular flexibility index (Phi) is 4.70. The number of rotatable bonds is 3. The van der Waals surface area contributed by atoms with Crippen molar-refractivity contribution in [3.8, 4) is 0 Å². The molecule has 0 aliphatic rings. The second-order valence-corrected chi connectivity index (χ2v) is 6.30. The molecule has 1 aromatic heterocycles. The van der Waals surface area contributed by atoms with E-state index in [9.17, 15) is 9.59 Å². The third kappa shape index (κ3) is 3.34. The normalized spacial score (nSPS) is 10.7. The van der Waals surface area contributed by atoms with E-state index in [1.165, 1.54) is 25.3 Å². The van der Waals surface area contributed by atoms with Gasteiger partial charge in [0.25, 0.3) is 5.91 Å². The summed E-state index contributed by atoms with van der Waals surface area (Å²) in [5.74, 6) is -0.877. The summed E-state index contributed by atoms with van der Waals surface area (Å²) < 4.78 is 4.68. The molecule has 128 valence electrons. The second kappa shape index (κ2) is 6.78. The summed E-state index contributed by atoms with van der Waals surface area (Å²) in [4.78, 5) is 27.4. The smallest absolute Gasteiger partial charge is 0.337 e. The highest BCUT2D eigenvalue weighted by Crippen LogP contribution is 2.27. The Balaban J connectivity index is 1.95. The van der Waals surface area contributed by atoms with Crippen molar-refractivity contribution in [2.75, 3.05) is 12.4 Å². The Hall–Kier alpha value is -2.50. The van der Waals surface area contributed by atoms with Gasteiger partial charge < -0.3 is 15.0 Å². The van der Waals surface area contributed by atoms with E-state index < -0.39 is 5.97 Å². The molecule has 1 amide bonds. The lowest BCUT2D eigenvalue weighted by Crippen LogP contribution is -2.14. The number of hydrogen-bond acceptors (Lipinski definition) is 3. The molecule has 3 rings (SSSR count). The molecule has 0 unspecified atom stereocenters. The van der Waals surface area contributed by atoms with E-state index in [0.717, 1.165) is 16.5 Å². The monoisotopic (exact) mass is 376 g/mol. The Morgan fingerprint density at radius 3 is 2.60 bits per heavy atom. The number of benzene rings is 2. The van der Waals surface area contributed by atoms with Crippen molar-refractivity contribution in [3.63, 3.8) is 0 Å². The lowest BCUT2D eigenvalue weighted by atomic mass is 10.1. The zero-order valence-corrected chi connectivity index (χ0v) is 15.0. The maximum absolute atomic E-state index is 12.6. The molecule has 0 saturated carbocycles. The lowest BCUT2D eigenvalue weighted by molar-refractivity contribution is 0.0600. The predicted molar refractivity (Wildman–Crippen MR) is 98.8 cm³/mol. The Morgan fingerprint density at radius 1 is 1.12 bits per heavy atom. The minimum Gasteiger partial charge on any atom is -0.465 e. The van der Waals surface area contributed by atoms with Crippen LogP contribution in [0, 0.1) is 6.92 Å². The second-order valence-electron chi connectivity index (χ2n) is 5.46. The summed E-state index contributed by atoms with van der Waals surface area (Å²) >= 11 is 12.1. The molecule has 25 heavy (non-hydrogen) atoms. The number of aromatic amines is 1. The highest BCUT2D eigenvalue weighted by atomic mass is 35.5. The third-order valence-electron chi connectivity index (χ3n) is 3.88. The van der Waals surface area contributed by atoms with Gasteiger partial charge in [0, 0.05) is 15.9 Å². The number of H-pyrrole nitrogens is 1. The number of halogens is 2. The fourth-order valence-electron chi connectivity index (χ4n) is 2.58. The number of carbonyl (C=O) groups excluding carboxylic acids is 2. The number of anilines is 1. The first-order valence-corrected chi connectivity index (χ1v) is 8.13. The summed E-state index contributed by atoms with van der Waals surface area (Å²) in [6, 6.07) is 9.89. The van der Waals surface area contributed by atoms with Gasteiger partial charge in [-0.15, -0.1) is 0 Å². The number of fused-ring (bicyclic) bond motifs is 1. The summed E-state index contributed by atoms with van der Waals surface area (Å²) in [7, 11) is 1.29. The van der Waals surface area contributed by atoms with Crippen molar-refractivity contribution in [1.29, 1.82) is 0 Å². The van der Waals surface area contributed by atoms with E-state index in [0.29, 0.717) is 27.0 Å². The first kappa shape index (κ1) is 17.3. The summed E-state index contributed by atoms with van der Waals surface area (Å²) in [6.07, 6.45) is 0. The van der Waals surface area contributed by atoms with Crippen molar-refractivity contribution >= 4 is 51.7 Å². The van der Waals surface area contributed by atoms with Gasteiger partial charge in [-0.25, -0.2) is 4.79 Å². The number of aryl methyl sites for hydroxylation is 1. The molecule has 0 aliphatic heterocycles. The molecular weight excluding hydrogens is 363 g/mol. The first-order valence-electron chi connectivity index (χ1n) is 7.37. The molecule has 0 atom stereocenters. The molecule has 2 aromatic carbocycles. The molecule has 0 bridgehead atoms. The van der Waals surface area contributed by atoms with Crippen LogP contribution in [0.1, 0.15) is 26.4 Å². The van der Waals surface area contributed by atoms with Crippen molar-refractivity contribution in [1.82, 2.24) is 4.98 Å². The highest BCUT2D eigenvalue weighted by molar-refractivity contribution is 6.34. The maximum Gasteiger partial charge on any atom is 0.337 e.